The molecular formula is C19H30N2O3S. The second-order valence-electron chi connectivity index (χ2n) is 7.54. The normalized spacial score (nSPS) is 22.0. The van der Waals surface area contributed by atoms with Crippen molar-refractivity contribution in [3.05, 3.63) is 23.3 Å². The molecule has 0 bridgehead atoms. The minimum Gasteiger partial charge on any atom is -0.496 e. The third-order valence-electron chi connectivity index (χ3n) is 5.68. The van der Waals surface area contributed by atoms with Crippen molar-refractivity contribution in [2.75, 3.05) is 21.2 Å². The molecule has 0 spiro atoms. The summed E-state index contributed by atoms with van der Waals surface area (Å²) in [7, 11) is 2.33. The van der Waals surface area contributed by atoms with Gasteiger partial charge in [-0.2, -0.15) is 0 Å². The van der Waals surface area contributed by atoms with E-state index in [2.05, 4.69) is 23.7 Å². The van der Waals surface area contributed by atoms with E-state index in [1.165, 1.54) is 6.42 Å². The van der Waals surface area contributed by atoms with Crippen LogP contribution < -0.4 is 9.46 Å². The molecule has 1 aromatic carbocycles. The van der Waals surface area contributed by atoms with Crippen molar-refractivity contribution in [1.82, 2.24) is 9.62 Å². The van der Waals surface area contributed by atoms with Crippen LogP contribution in [-0.2, 0) is 22.9 Å². The number of sulfonamides is 1. The highest BCUT2D eigenvalue weighted by Gasteiger charge is 2.30. The van der Waals surface area contributed by atoms with Crippen molar-refractivity contribution in [2.24, 2.45) is 0 Å². The van der Waals surface area contributed by atoms with Crippen LogP contribution in [0.3, 0.4) is 0 Å². The van der Waals surface area contributed by atoms with Gasteiger partial charge in [0, 0.05) is 17.6 Å². The van der Waals surface area contributed by atoms with E-state index in [9.17, 15) is 8.42 Å². The van der Waals surface area contributed by atoms with E-state index in [-0.39, 0.29) is 6.04 Å². The van der Waals surface area contributed by atoms with Crippen molar-refractivity contribution in [1.29, 1.82) is 0 Å². The number of rotatable bonds is 5. The molecule has 0 saturated heterocycles. The smallest absolute Gasteiger partial charge is 0.241 e. The quantitative estimate of drug-likeness (QED) is 0.870. The lowest BCUT2D eigenvalue weighted by Gasteiger charge is -2.32. The van der Waals surface area contributed by atoms with Gasteiger partial charge in [-0.1, -0.05) is 19.3 Å². The van der Waals surface area contributed by atoms with Gasteiger partial charge in [-0.3, -0.25) is 0 Å². The molecule has 6 heteroatoms. The molecule has 1 fully saturated rings. The lowest BCUT2D eigenvalue weighted by Crippen LogP contribution is -2.38. The number of ether oxygens (including phenoxy) is 1. The zero-order valence-corrected chi connectivity index (χ0v) is 16.4. The summed E-state index contributed by atoms with van der Waals surface area (Å²) < 4.78 is 34.5. The molecule has 1 saturated carbocycles. The summed E-state index contributed by atoms with van der Waals surface area (Å²) in [4.78, 5) is 2.66. The van der Waals surface area contributed by atoms with Crippen LogP contribution in [0.4, 0.5) is 0 Å². The topological polar surface area (TPSA) is 58.6 Å². The van der Waals surface area contributed by atoms with E-state index in [0.717, 1.165) is 61.8 Å². The highest BCUT2D eigenvalue weighted by Crippen LogP contribution is 2.35. The Morgan fingerprint density at radius 2 is 1.80 bits per heavy atom. The second-order valence-corrected chi connectivity index (χ2v) is 9.22. The molecule has 1 aromatic rings. The van der Waals surface area contributed by atoms with Crippen molar-refractivity contribution < 1.29 is 13.2 Å². The minimum absolute atomic E-state index is 0.0783. The summed E-state index contributed by atoms with van der Waals surface area (Å²) >= 11 is 0. The van der Waals surface area contributed by atoms with E-state index in [0.29, 0.717) is 10.9 Å². The maximum Gasteiger partial charge on any atom is 0.241 e. The third-order valence-corrected chi connectivity index (χ3v) is 7.28. The highest BCUT2D eigenvalue weighted by molar-refractivity contribution is 7.89. The average Bonchev–Trinajstić information content (AvgIpc) is 2.60. The van der Waals surface area contributed by atoms with Crippen molar-refractivity contribution in [2.45, 2.75) is 68.3 Å². The first-order valence-corrected chi connectivity index (χ1v) is 10.8. The average molecular weight is 367 g/mol. The first-order chi connectivity index (χ1) is 11.9. The maximum absolute atomic E-state index is 13.0. The monoisotopic (exact) mass is 366 g/mol. The molecule has 1 N–H and O–H groups in total. The number of methoxy groups -OCH3 is 1. The van der Waals surface area contributed by atoms with Crippen molar-refractivity contribution in [3.63, 3.8) is 0 Å². The lowest BCUT2D eigenvalue weighted by atomic mass is 9.87. The standard InChI is InChI=1S/C19H30N2O3S/c1-21(2)15-9-10-16-17(13-15)18(24-3)11-12-19(16)25(22,23)20-14-7-5-4-6-8-14/h11-12,14-15,20H,4-10,13H2,1-3H3. The van der Waals surface area contributed by atoms with Gasteiger partial charge in [-0.25, -0.2) is 13.1 Å². The van der Waals surface area contributed by atoms with Gasteiger partial charge < -0.3 is 9.64 Å². The second kappa shape index (κ2) is 7.64. The molecule has 140 valence electrons. The third kappa shape index (κ3) is 4.01. The number of nitrogens with zero attached hydrogens (tertiary/aromatic N) is 1. The predicted molar refractivity (Wildman–Crippen MR) is 99.7 cm³/mol. The molecule has 0 aromatic heterocycles. The molecule has 1 unspecified atom stereocenters. The van der Waals surface area contributed by atoms with E-state index in [1.54, 1.807) is 13.2 Å². The first-order valence-electron chi connectivity index (χ1n) is 9.30. The molecular weight excluding hydrogens is 336 g/mol. The summed E-state index contributed by atoms with van der Waals surface area (Å²) in [6.07, 6.45) is 7.90. The molecule has 0 amide bonds. The van der Waals surface area contributed by atoms with E-state index in [4.69, 9.17) is 4.74 Å². The van der Waals surface area contributed by atoms with Gasteiger partial charge in [-0.05, 0) is 63.9 Å². The Kier molecular flexibility index (Phi) is 5.71. The molecule has 25 heavy (non-hydrogen) atoms. The molecule has 3 rings (SSSR count). The number of hydrogen-bond donors (Lipinski definition) is 1. The van der Waals surface area contributed by atoms with Crippen LogP contribution in [-0.4, -0.2) is 46.6 Å². The van der Waals surface area contributed by atoms with Gasteiger partial charge in [0.1, 0.15) is 5.75 Å². The number of benzene rings is 1. The van der Waals surface area contributed by atoms with Gasteiger partial charge in [0.2, 0.25) is 10.0 Å². The summed E-state index contributed by atoms with van der Waals surface area (Å²) in [5.41, 5.74) is 2.00. The molecule has 0 radical (unpaired) electrons. The van der Waals surface area contributed by atoms with Crippen LogP contribution in [0.2, 0.25) is 0 Å². The Morgan fingerprint density at radius 3 is 2.44 bits per heavy atom. The Bertz CT molecular complexity index is 710. The first kappa shape index (κ1) is 18.7. The van der Waals surface area contributed by atoms with Gasteiger partial charge in [0.25, 0.3) is 0 Å². The number of hydrogen-bond acceptors (Lipinski definition) is 4. The molecule has 2 aliphatic rings. The van der Waals surface area contributed by atoms with Crippen LogP contribution in [0.1, 0.15) is 49.7 Å². The Balaban J connectivity index is 1.93. The number of likely N-dealkylation sites (N-methyl/N-ethyl adjacent to an activating group) is 1. The number of nitrogens with one attached hydrogen (secondary N) is 1. The fraction of sp³-hybridized carbons (Fsp3) is 0.684. The summed E-state index contributed by atoms with van der Waals surface area (Å²) in [5.74, 6) is 0.804. The van der Waals surface area contributed by atoms with Crippen molar-refractivity contribution in [3.8, 4) is 5.75 Å². The summed E-state index contributed by atoms with van der Waals surface area (Å²) in [6, 6.07) is 4.03. The zero-order valence-electron chi connectivity index (χ0n) is 15.5. The van der Waals surface area contributed by atoms with Crippen molar-refractivity contribution >= 4 is 10.0 Å². The summed E-state index contributed by atoms with van der Waals surface area (Å²) in [6.45, 7) is 0. The highest BCUT2D eigenvalue weighted by atomic mass is 32.2. The van der Waals surface area contributed by atoms with E-state index in [1.807, 2.05) is 6.07 Å². The van der Waals surface area contributed by atoms with Crippen LogP contribution in [0.5, 0.6) is 5.75 Å². The maximum atomic E-state index is 13.0. The Hall–Kier alpha value is -1.11. The van der Waals surface area contributed by atoms with Crippen LogP contribution in [0, 0.1) is 0 Å². The van der Waals surface area contributed by atoms with Crippen LogP contribution >= 0.6 is 0 Å². The van der Waals surface area contributed by atoms with Crippen LogP contribution in [0.15, 0.2) is 17.0 Å². The fourth-order valence-electron chi connectivity index (χ4n) is 4.18. The Morgan fingerprint density at radius 1 is 1.08 bits per heavy atom. The molecule has 1 atom stereocenters. The fourth-order valence-corrected chi connectivity index (χ4v) is 5.78. The van der Waals surface area contributed by atoms with Gasteiger partial charge >= 0.3 is 0 Å². The van der Waals surface area contributed by atoms with Gasteiger partial charge in [0.15, 0.2) is 0 Å². The largest absolute Gasteiger partial charge is 0.496 e. The molecule has 0 heterocycles. The lowest BCUT2D eigenvalue weighted by molar-refractivity contribution is 0.263. The summed E-state index contributed by atoms with van der Waals surface area (Å²) in [5, 5.41) is 0. The van der Waals surface area contributed by atoms with Gasteiger partial charge in [0.05, 0.1) is 12.0 Å². The molecule has 2 aliphatic carbocycles. The predicted octanol–water partition coefficient (Wildman–Crippen LogP) is 2.73. The van der Waals surface area contributed by atoms with Gasteiger partial charge in [-0.15, -0.1) is 0 Å². The van der Waals surface area contributed by atoms with E-state index >= 15 is 0 Å². The Labute approximate surface area is 151 Å². The zero-order chi connectivity index (χ0) is 18.0. The van der Waals surface area contributed by atoms with Crippen LogP contribution in [0.25, 0.3) is 0 Å². The minimum atomic E-state index is -3.48. The SMILES string of the molecule is COc1ccc(S(=O)(=O)NC2CCCCC2)c2c1CC(N(C)C)CC2. The number of fused-ring (bicyclic) bond motifs is 1. The van der Waals surface area contributed by atoms with E-state index < -0.39 is 10.0 Å². The molecule has 5 nitrogen and oxygen atoms in total. The molecule has 0 aliphatic heterocycles.